The van der Waals surface area contributed by atoms with E-state index in [1.165, 1.54) is 0 Å². The van der Waals surface area contributed by atoms with Crippen molar-refractivity contribution < 1.29 is 5.11 Å². The summed E-state index contributed by atoms with van der Waals surface area (Å²) < 4.78 is 0. The molecule has 58 valence electrons. The average Bonchev–Trinajstić information content (AvgIpc) is 1.98. The quantitative estimate of drug-likeness (QED) is 0.590. The first-order valence-electron chi connectivity index (χ1n) is 3.86. The molecule has 1 N–H and O–H groups in total. The lowest BCUT2D eigenvalue weighted by molar-refractivity contribution is 0.129. The van der Waals surface area contributed by atoms with Crippen LogP contribution in [0.2, 0.25) is 0 Å². The van der Waals surface area contributed by atoms with Gasteiger partial charge in [0.05, 0.1) is 6.10 Å². The summed E-state index contributed by atoms with van der Waals surface area (Å²) >= 11 is 0. The van der Waals surface area contributed by atoms with Gasteiger partial charge in [0.1, 0.15) is 0 Å². The minimum Gasteiger partial charge on any atom is -0.392 e. The van der Waals surface area contributed by atoms with Gasteiger partial charge in [-0.3, -0.25) is 0 Å². The van der Waals surface area contributed by atoms with Gasteiger partial charge < -0.3 is 5.11 Å². The van der Waals surface area contributed by atoms with Crippen LogP contribution in [0.4, 0.5) is 0 Å². The first kappa shape index (κ1) is 9.52. The molecule has 0 aromatic carbocycles. The fourth-order valence-electron chi connectivity index (χ4n) is 0.774. The zero-order valence-corrected chi connectivity index (χ0v) is 6.80. The summed E-state index contributed by atoms with van der Waals surface area (Å²) in [6, 6.07) is 0. The smallest absolute Gasteiger partial charge is 0.0674 e. The third kappa shape index (κ3) is 3.53. The van der Waals surface area contributed by atoms with Crippen molar-refractivity contribution in [2.45, 2.75) is 39.2 Å². The molecule has 0 aromatic rings. The Morgan fingerprint density at radius 3 is 2.60 bits per heavy atom. The minimum absolute atomic E-state index is 0.00606. The van der Waals surface area contributed by atoms with Crippen molar-refractivity contribution in [3.05, 3.63) is 0 Å². The van der Waals surface area contributed by atoms with Crippen LogP contribution < -0.4 is 0 Å². The number of unbranched alkanes of at least 4 members (excludes halogenated alkanes) is 1. The van der Waals surface area contributed by atoms with Crippen LogP contribution in [-0.4, -0.2) is 11.2 Å². The molecule has 0 fully saturated rings. The molecule has 0 radical (unpaired) electrons. The highest BCUT2D eigenvalue weighted by Crippen LogP contribution is 2.08. The molecule has 1 nitrogen and oxygen atoms in total. The van der Waals surface area contributed by atoms with Crippen LogP contribution in [0.3, 0.4) is 0 Å². The maximum Gasteiger partial charge on any atom is 0.0674 e. The molecule has 0 unspecified atom stereocenters. The van der Waals surface area contributed by atoms with Gasteiger partial charge in [0.15, 0.2) is 0 Å². The number of terminal acetylenes is 1. The van der Waals surface area contributed by atoms with Crippen molar-refractivity contribution in [2.75, 3.05) is 0 Å². The standard InChI is InChI=1S/C9H16O/c1-4-6-7-9(10)8(3)5-2/h2,8-10H,4,6-7H2,1,3H3/t8-,9+/m0/s1. The molecule has 0 rings (SSSR count). The Morgan fingerprint density at radius 2 is 2.20 bits per heavy atom. The molecule has 0 saturated heterocycles. The van der Waals surface area contributed by atoms with E-state index in [9.17, 15) is 5.11 Å². The zero-order valence-electron chi connectivity index (χ0n) is 6.80. The molecule has 2 atom stereocenters. The van der Waals surface area contributed by atoms with Crippen molar-refractivity contribution >= 4 is 0 Å². The lowest BCUT2D eigenvalue weighted by Gasteiger charge is -2.11. The molecule has 0 aliphatic rings. The van der Waals surface area contributed by atoms with Gasteiger partial charge in [-0.1, -0.05) is 19.8 Å². The lowest BCUT2D eigenvalue weighted by Crippen LogP contribution is -2.15. The number of hydrogen-bond donors (Lipinski definition) is 1. The van der Waals surface area contributed by atoms with Gasteiger partial charge in [-0.2, -0.15) is 0 Å². The van der Waals surface area contributed by atoms with Gasteiger partial charge in [0.2, 0.25) is 0 Å². The van der Waals surface area contributed by atoms with E-state index in [1.54, 1.807) is 0 Å². The lowest BCUT2D eigenvalue weighted by atomic mass is 10.0. The first-order valence-corrected chi connectivity index (χ1v) is 3.86. The third-order valence-corrected chi connectivity index (χ3v) is 1.69. The molecule has 0 aliphatic carbocycles. The van der Waals surface area contributed by atoms with E-state index in [0.717, 1.165) is 19.3 Å². The summed E-state index contributed by atoms with van der Waals surface area (Å²) in [6.45, 7) is 3.98. The normalized spacial score (nSPS) is 15.8. The molecule has 0 heterocycles. The van der Waals surface area contributed by atoms with Crippen LogP contribution in [0.25, 0.3) is 0 Å². The molecule has 0 amide bonds. The predicted octanol–water partition coefficient (Wildman–Crippen LogP) is 1.81. The van der Waals surface area contributed by atoms with Crippen molar-refractivity contribution in [2.24, 2.45) is 5.92 Å². The van der Waals surface area contributed by atoms with E-state index in [-0.39, 0.29) is 12.0 Å². The van der Waals surface area contributed by atoms with Crippen LogP contribution in [0.15, 0.2) is 0 Å². The molecule has 1 heteroatoms. The second-order valence-electron chi connectivity index (χ2n) is 2.66. The van der Waals surface area contributed by atoms with Crippen molar-refractivity contribution in [3.8, 4) is 12.3 Å². The SMILES string of the molecule is C#C[C@H](C)[C@H](O)CCCC. The number of aliphatic hydroxyl groups is 1. The highest BCUT2D eigenvalue weighted by atomic mass is 16.3. The maximum absolute atomic E-state index is 9.31. The number of rotatable bonds is 4. The van der Waals surface area contributed by atoms with E-state index in [4.69, 9.17) is 6.42 Å². The Morgan fingerprint density at radius 1 is 1.60 bits per heavy atom. The van der Waals surface area contributed by atoms with Gasteiger partial charge in [0, 0.05) is 5.92 Å². The van der Waals surface area contributed by atoms with Crippen molar-refractivity contribution in [1.29, 1.82) is 0 Å². The van der Waals surface area contributed by atoms with Crippen LogP contribution in [0, 0.1) is 18.3 Å². The Kier molecular flexibility index (Phi) is 5.06. The Bertz CT molecular complexity index is 112. The van der Waals surface area contributed by atoms with E-state index < -0.39 is 0 Å². The first-order chi connectivity index (χ1) is 4.72. The second kappa shape index (κ2) is 5.32. The summed E-state index contributed by atoms with van der Waals surface area (Å²) in [5, 5.41) is 9.31. The molecule has 0 spiro atoms. The summed E-state index contributed by atoms with van der Waals surface area (Å²) in [5.41, 5.74) is 0. The maximum atomic E-state index is 9.31. The highest BCUT2D eigenvalue weighted by molar-refractivity contribution is 4.93. The topological polar surface area (TPSA) is 20.2 Å². The average molecular weight is 140 g/mol. The van der Waals surface area contributed by atoms with E-state index in [1.807, 2.05) is 6.92 Å². The van der Waals surface area contributed by atoms with Crippen LogP contribution in [0.1, 0.15) is 33.1 Å². The molecule has 0 saturated carbocycles. The van der Waals surface area contributed by atoms with Crippen LogP contribution >= 0.6 is 0 Å². The van der Waals surface area contributed by atoms with Gasteiger partial charge >= 0.3 is 0 Å². The number of aliphatic hydroxyl groups excluding tert-OH is 1. The number of hydrogen-bond acceptors (Lipinski definition) is 1. The molecule has 10 heavy (non-hydrogen) atoms. The predicted molar refractivity (Wildman–Crippen MR) is 43.5 cm³/mol. The third-order valence-electron chi connectivity index (χ3n) is 1.69. The summed E-state index contributed by atoms with van der Waals surface area (Å²) in [7, 11) is 0. The Labute approximate surface area is 63.5 Å². The van der Waals surface area contributed by atoms with Crippen molar-refractivity contribution in [3.63, 3.8) is 0 Å². The monoisotopic (exact) mass is 140 g/mol. The minimum atomic E-state index is -0.301. The van der Waals surface area contributed by atoms with E-state index >= 15 is 0 Å². The largest absolute Gasteiger partial charge is 0.392 e. The highest BCUT2D eigenvalue weighted by Gasteiger charge is 2.09. The summed E-state index contributed by atoms with van der Waals surface area (Å²) in [6.07, 6.45) is 7.85. The second-order valence-corrected chi connectivity index (χ2v) is 2.66. The molecular weight excluding hydrogens is 124 g/mol. The summed E-state index contributed by atoms with van der Waals surface area (Å²) in [4.78, 5) is 0. The van der Waals surface area contributed by atoms with E-state index in [2.05, 4.69) is 12.8 Å². The van der Waals surface area contributed by atoms with Gasteiger partial charge in [-0.05, 0) is 13.3 Å². The zero-order chi connectivity index (χ0) is 7.98. The molecular formula is C9H16O. The van der Waals surface area contributed by atoms with Crippen LogP contribution in [0.5, 0.6) is 0 Å². The van der Waals surface area contributed by atoms with Gasteiger partial charge in [0.25, 0.3) is 0 Å². The molecule has 0 aliphatic heterocycles. The summed E-state index contributed by atoms with van der Waals surface area (Å²) in [5.74, 6) is 2.53. The fourth-order valence-corrected chi connectivity index (χ4v) is 0.774. The van der Waals surface area contributed by atoms with E-state index in [0.29, 0.717) is 0 Å². The Hall–Kier alpha value is -0.480. The van der Waals surface area contributed by atoms with Crippen molar-refractivity contribution in [1.82, 2.24) is 0 Å². The molecule has 0 aromatic heterocycles. The fraction of sp³-hybridized carbons (Fsp3) is 0.778. The van der Waals surface area contributed by atoms with Gasteiger partial charge in [-0.15, -0.1) is 12.3 Å². The van der Waals surface area contributed by atoms with Gasteiger partial charge in [-0.25, -0.2) is 0 Å². The molecule has 0 bridgehead atoms. The Balaban J connectivity index is 3.43. The van der Waals surface area contributed by atoms with Crippen LogP contribution in [-0.2, 0) is 0 Å².